The monoisotopic (exact) mass is 396 g/mol. The molecule has 0 spiro atoms. The van der Waals surface area contributed by atoms with E-state index >= 15 is 0 Å². The molecule has 0 atom stereocenters. The van der Waals surface area contributed by atoms with Crippen molar-refractivity contribution in [3.63, 3.8) is 0 Å². The minimum Gasteiger partial charge on any atom is -0.497 e. The average Bonchev–Trinajstić information content (AvgIpc) is 2.79. The van der Waals surface area contributed by atoms with Gasteiger partial charge in [-0.3, -0.25) is 4.90 Å². The normalized spacial score (nSPS) is 15.6. The van der Waals surface area contributed by atoms with Gasteiger partial charge in [0, 0.05) is 42.7 Å². The maximum absolute atomic E-state index is 9.40. The topological polar surface area (TPSA) is 76.7 Å². The maximum Gasteiger partial charge on any atom is 0.140 e. The van der Waals surface area contributed by atoms with Gasteiger partial charge in [0.2, 0.25) is 0 Å². The van der Waals surface area contributed by atoms with E-state index in [1.807, 2.05) is 30.3 Å². The zero-order valence-corrected chi connectivity index (χ0v) is 16.3. The van der Waals surface area contributed by atoms with Gasteiger partial charge < -0.3 is 23.8 Å². The van der Waals surface area contributed by atoms with Gasteiger partial charge in [-0.05, 0) is 36.4 Å². The Labute approximate surface area is 168 Å². The largest absolute Gasteiger partial charge is 0.497 e. The summed E-state index contributed by atoms with van der Waals surface area (Å²) in [5, 5.41) is 14.0. The predicted octanol–water partition coefficient (Wildman–Crippen LogP) is 3.11. The molecule has 0 radical (unpaired) electrons. The Kier molecular flexibility index (Phi) is 5.97. The van der Waals surface area contributed by atoms with Crippen LogP contribution >= 0.6 is 0 Å². The number of ether oxygens (including phenoxy) is 3. The molecule has 1 N–H and O–H groups in total. The van der Waals surface area contributed by atoms with Crippen LogP contribution in [0, 0.1) is 0 Å². The van der Waals surface area contributed by atoms with Gasteiger partial charge in [-0.1, -0.05) is 5.16 Å². The lowest BCUT2D eigenvalue weighted by atomic mass is 10.1. The van der Waals surface area contributed by atoms with E-state index < -0.39 is 0 Å². The molecule has 0 amide bonds. The van der Waals surface area contributed by atoms with Crippen molar-refractivity contribution in [3.05, 3.63) is 53.9 Å². The van der Waals surface area contributed by atoms with Crippen LogP contribution in [0.1, 0.15) is 0 Å². The van der Waals surface area contributed by atoms with Crippen molar-refractivity contribution in [2.24, 2.45) is 5.16 Å². The second-order valence-electron chi connectivity index (χ2n) is 6.78. The Morgan fingerprint density at radius 3 is 2.52 bits per heavy atom. The number of benzene rings is 2. The summed E-state index contributed by atoms with van der Waals surface area (Å²) >= 11 is 0. The molecule has 0 aliphatic carbocycles. The number of rotatable bonds is 6. The lowest BCUT2D eigenvalue weighted by Crippen LogP contribution is -2.38. The second-order valence-corrected chi connectivity index (χ2v) is 6.78. The van der Waals surface area contributed by atoms with Crippen molar-refractivity contribution < 1.29 is 23.8 Å². The summed E-state index contributed by atoms with van der Waals surface area (Å²) in [5.41, 5.74) is 1.45. The van der Waals surface area contributed by atoms with Crippen molar-refractivity contribution in [1.82, 2.24) is 4.90 Å². The van der Waals surface area contributed by atoms with Crippen LogP contribution < -0.4 is 14.8 Å². The lowest BCUT2D eigenvalue weighted by Gasteiger charge is -2.26. The summed E-state index contributed by atoms with van der Waals surface area (Å²) < 4.78 is 22.5. The van der Waals surface area contributed by atoms with Crippen molar-refractivity contribution >= 4 is 11.0 Å². The number of hydrogen-bond acceptors (Lipinski definition) is 7. The summed E-state index contributed by atoms with van der Waals surface area (Å²) in [6.07, 6.45) is 0. The summed E-state index contributed by atoms with van der Waals surface area (Å²) in [5.74, 6) is 2.07. The fourth-order valence-corrected chi connectivity index (χ4v) is 3.33. The minimum atomic E-state index is 0.440. The number of methoxy groups -OCH3 is 1. The third kappa shape index (κ3) is 4.52. The molecular weight excluding hydrogens is 372 g/mol. The van der Waals surface area contributed by atoms with Crippen LogP contribution in [-0.2, 0) is 4.74 Å². The molecule has 29 heavy (non-hydrogen) atoms. The molecule has 2 aromatic carbocycles. The van der Waals surface area contributed by atoms with Crippen LogP contribution in [0.4, 0.5) is 0 Å². The highest BCUT2D eigenvalue weighted by molar-refractivity contribution is 5.79. The standard InChI is InChI=1S/C22H24N2O5/c1-26-18-6-7-19-20(23-25)15-21(29-22(19)14-18)16-2-4-17(5-3-16)28-13-10-24-8-11-27-12-9-24/h2-7,14-15,25H,8-13H2,1H3/b23-20-. The summed E-state index contributed by atoms with van der Waals surface area (Å²) in [4.78, 5) is 2.33. The van der Waals surface area contributed by atoms with E-state index in [9.17, 15) is 5.21 Å². The Bertz CT molecular complexity index is 1020. The highest BCUT2D eigenvalue weighted by Crippen LogP contribution is 2.26. The van der Waals surface area contributed by atoms with Crippen LogP contribution in [0.25, 0.3) is 22.3 Å². The summed E-state index contributed by atoms with van der Waals surface area (Å²) in [6.45, 7) is 5.00. The first-order chi connectivity index (χ1) is 14.3. The first-order valence-electron chi connectivity index (χ1n) is 9.60. The average molecular weight is 396 g/mol. The number of nitrogens with zero attached hydrogens (tertiary/aromatic N) is 2. The van der Waals surface area contributed by atoms with Gasteiger partial charge in [-0.25, -0.2) is 0 Å². The van der Waals surface area contributed by atoms with E-state index in [4.69, 9.17) is 18.6 Å². The van der Waals surface area contributed by atoms with Gasteiger partial charge in [0.1, 0.15) is 34.8 Å². The van der Waals surface area contributed by atoms with Crippen LogP contribution in [0.5, 0.6) is 11.5 Å². The van der Waals surface area contributed by atoms with Crippen LogP contribution in [0.15, 0.2) is 58.1 Å². The van der Waals surface area contributed by atoms with E-state index in [-0.39, 0.29) is 0 Å². The highest BCUT2D eigenvalue weighted by atomic mass is 16.5. The van der Waals surface area contributed by atoms with E-state index in [1.165, 1.54) is 0 Å². The van der Waals surface area contributed by atoms with Gasteiger partial charge in [-0.15, -0.1) is 0 Å². The van der Waals surface area contributed by atoms with Crippen LogP contribution in [0.2, 0.25) is 0 Å². The predicted molar refractivity (Wildman–Crippen MR) is 108 cm³/mol. The Balaban J connectivity index is 1.50. The Morgan fingerprint density at radius 1 is 1.03 bits per heavy atom. The smallest absolute Gasteiger partial charge is 0.140 e. The molecule has 3 aromatic rings. The summed E-state index contributed by atoms with van der Waals surface area (Å²) in [6, 6.07) is 14.8. The molecule has 4 rings (SSSR count). The number of morpholine rings is 1. The van der Waals surface area contributed by atoms with Crippen molar-refractivity contribution in [2.45, 2.75) is 0 Å². The molecule has 1 aromatic heterocycles. The molecule has 0 unspecified atom stereocenters. The number of hydrogen-bond donors (Lipinski definition) is 1. The SMILES string of the molecule is COc1ccc2/c(=N\O)cc(-c3ccc(OCCN4CCOCC4)cc3)oc2c1. The molecule has 7 nitrogen and oxygen atoms in total. The third-order valence-electron chi connectivity index (χ3n) is 4.98. The molecule has 2 heterocycles. The van der Waals surface area contributed by atoms with Gasteiger partial charge in [0.05, 0.1) is 20.3 Å². The Hall–Kier alpha value is -3.03. The molecule has 7 heteroatoms. The first kappa shape index (κ1) is 19.3. The number of fused-ring (bicyclic) bond motifs is 1. The van der Waals surface area contributed by atoms with E-state index in [0.29, 0.717) is 34.4 Å². The molecular formula is C22H24N2O5. The highest BCUT2D eigenvalue weighted by Gasteiger charge is 2.10. The molecule has 1 fully saturated rings. The molecule has 152 valence electrons. The van der Waals surface area contributed by atoms with E-state index in [2.05, 4.69) is 10.1 Å². The van der Waals surface area contributed by atoms with Gasteiger partial charge in [0.15, 0.2) is 0 Å². The zero-order chi connectivity index (χ0) is 20.1. The van der Waals surface area contributed by atoms with E-state index in [0.717, 1.165) is 44.2 Å². The molecule has 0 bridgehead atoms. The van der Waals surface area contributed by atoms with Gasteiger partial charge in [-0.2, -0.15) is 0 Å². The maximum atomic E-state index is 9.40. The fourth-order valence-electron chi connectivity index (χ4n) is 3.33. The zero-order valence-electron chi connectivity index (χ0n) is 16.3. The van der Waals surface area contributed by atoms with Crippen LogP contribution in [-0.4, -0.2) is 56.7 Å². The van der Waals surface area contributed by atoms with Crippen LogP contribution in [0.3, 0.4) is 0 Å². The molecule has 0 saturated carbocycles. The quantitative estimate of drug-likeness (QED) is 0.510. The van der Waals surface area contributed by atoms with Crippen molar-refractivity contribution in [1.29, 1.82) is 0 Å². The molecule has 1 aliphatic heterocycles. The summed E-state index contributed by atoms with van der Waals surface area (Å²) in [7, 11) is 1.60. The van der Waals surface area contributed by atoms with Gasteiger partial charge in [0.25, 0.3) is 0 Å². The van der Waals surface area contributed by atoms with Gasteiger partial charge >= 0.3 is 0 Å². The van der Waals surface area contributed by atoms with Crippen molar-refractivity contribution in [3.8, 4) is 22.8 Å². The van der Waals surface area contributed by atoms with Crippen molar-refractivity contribution in [2.75, 3.05) is 46.6 Å². The fraction of sp³-hybridized carbons (Fsp3) is 0.318. The molecule has 1 saturated heterocycles. The van der Waals surface area contributed by atoms with E-state index in [1.54, 1.807) is 25.3 Å². The first-order valence-corrected chi connectivity index (χ1v) is 9.60. The third-order valence-corrected chi connectivity index (χ3v) is 4.98. The second kappa shape index (κ2) is 8.98. The molecule has 1 aliphatic rings. The minimum absolute atomic E-state index is 0.440. The Morgan fingerprint density at radius 2 is 1.79 bits per heavy atom. The lowest BCUT2D eigenvalue weighted by molar-refractivity contribution is 0.0322.